The molecule has 1 atom stereocenters. The summed E-state index contributed by atoms with van der Waals surface area (Å²) in [6, 6.07) is -0.364. The van der Waals surface area contributed by atoms with Crippen molar-refractivity contribution in [1.29, 1.82) is 0 Å². The van der Waals surface area contributed by atoms with Crippen LogP contribution in [0.15, 0.2) is 6.20 Å². The molecular formula is C13H23N5O2. The number of carbonyl (C=O) groups is 1. The first-order chi connectivity index (χ1) is 9.70. The fourth-order valence-corrected chi connectivity index (χ4v) is 1.85. The van der Waals surface area contributed by atoms with E-state index in [0.717, 1.165) is 18.2 Å². The van der Waals surface area contributed by atoms with Gasteiger partial charge in [0.05, 0.1) is 18.5 Å². The quantitative estimate of drug-likeness (QED) is 0.628. The van der Waals surface area contributed by atoms with E-state index < -0.39 is 0 Å². The van der Waals surface area contributed by atoms with Crippen LogP contribution in [0.5, 0.6) is 0 Å². The molecule has 1 amide bonds. The zero-order valence-electron chi connectivity index (χ0n) is 12.1. The smallest absolute Gasteiger partial charge is 0.244 e. The van der Waals surface area contributed by atoms with Gasteiger partial charge in [-0.2, -0.15) is 0 Å². The highest BCUT2D eigenvalue weighted by atomic mass is 16.5. The van der Waals surface area contributed by atoms with Gasteiger partial charge >= 0.3 is 0 Å². The topological polar surface area (TPSA) is 81.1 Å². The summed E-state index contributed by atoms with van der Waals surface area (Å²) in [5, 5.41) is 14.2. The average molecular weight is 281 g/mol. The van der Waals surface area contributed by atoms with Crippen molar-refractivity contribution in [3.63, 3.8) is 0 Å². The number of nitrogens with zero attached hydrogens (tertiary/aromatic N) is 3. The largest absolute Gasteiger partial charge is 0.383 e. The van der Waals surface area contributed by atoms with Crippen molar-refractivity contribution in [2.45, 2.75) is 32.4 Å². The van der Waals surface area contributed by atoms with Crippen LogP contribution >= 0.6 is 0 Å². The lowest BCUT2D eigenvalue weighted by molar-refractivity contribution is -0.124. The number of ether oxygens (including phenoxy) is 1. The van der Waals surface area contributed by atoms with Crippen molar-refractivity contribution < 1.29 is 9.53 Å². The second-order valence-electron chi connectivity index (χ2n) is 5.22. The Morgan fingerprint density at radius 2 is 2.40 bits per heavy atom. The van der Waals surface area contributed by atoms with Gasteiger partial charge < -0.3 is 15.4 Å². The molecule has 2 rings (SSSR count). The Hall–Kier alpha value is -1.47. The Morgan fingerprint density at radius 1 is 1.60 bits per heavy atom. The van der Waals surface area contributed by atoms with E-state index in [9.17, 15) is 4.79 Å². The van der Waals surface area contributed by atoms with Gasteiger partial charge in [0.25, 0.3) is 0 Å². The number of hydrogen-bond donors (Lipinski definition) is 2. The van der Waals surface area contributed by atoms with E-state index in [2.05, 4.69) is 20.9 Å². The summed E-state index contributed by atoms with van der Waals surface area (Å²) in [7, 11) is 1.61. The van der Waals surface area contributed by atoms with Gasteiger partial charge in [0.2, 0.25) is 5.91 Å². The number of methoxy groups -OCH3 is 1. The van der Waals surface area contributed by atoms with Crippen molar-refractivity contribution in [1.82, 2.24) is 25.6 Å². The number of nitrogens with one attached hydrogen (secondary N) is 2. The molecule has 0 aliphatic heterocycles. The summed E-state index contributed by atoms with van der Waals surface area (Å²) >= 11 is 0. The van der Waals surface area contributed by atoms with Gasteiger partial charge in [0.1, 0.15) is 6.04 Å². The van der Waals surface area contributed by atoms with E-state index in [-0.39, 0.29) is 11.9 Å². The van der Waals surface area contributed by atoms with E-state index in [1.807, 2.05) is 6.20 Å². The number of amides is 1. The lowest BCUT2D eigenvalue weighted by Crippen LogP contribution is -2.33. The molecule has 1 heterocycles. The number of rotatable bonds is 9. The number of carbonyl (C=O) groups excluding carboxylic acids is 1. The maximum Gasteiger partial charge on any atom is 0.244 e. The van der Waals surface area contributed by atoms with Gasteiger partial charge in [-0.15, -0.1) is 5.10 Å². The molecule has 112 valence electrons. The van der Waals surface area contributed by atoms with Crippen LogP contribution in [0.4, 0.5) is 0 Å². The fraction of sp³-hybridized carbons (Fsp3) is 0.769. The van der Waals surface area contributed by atoms with Crippen LogP contribution in [0.1, 0.15) is 31.5 Å². The minimum absolute atomic E-state index is 0.0792. The predicted octanol–water partition coefficient (Wildman–Crippen LogP) is 0.101. The Labute approximate surface area is 119 Å². The molecule has 1 saturated carbocycles. The summed E-state index contributed by atoms with van der Waals surface area (Å²) in [4.78, 5) is 11.9. The molecule has 7 nitrogen and oxygen atoms in total. The fourth-order valence-electron chi connectivity index (χ4n) is 1.85. The minimum Gasteiger partial charge on any atom is -0.383 e. The second kappa shape index (κ2) is 7.35. The van der Waals surface area contributed by atoms with E-state index in [4.69, 9.17) is 4.74 Å². The van der Waals surface area contributed by atoms with Crippen LogP contribution in [0, 0.1) is 5.92 Å². The lowest BCUT2D eigenvalue weighted by Gasteiger charge is -2.11. The molecule has 7 heteroatoms. The third-order valence-corrected chi connectivity index (χ3v) is 3.38. The molecule has 1 aliphatic carbocycles. The van der Waals surface area contributed by atoms with Crippen LogP contribution in [0.2, 0.25) is 0 Å². The van der Waals surface area contributed by atoms with Crippen LogP contribution in [0.3, 0.4) is 0 Å². The zero-order chi connectivity index (χ0) is 14.4. The molecular weight excluding hydrogens is 258 g/mol. The standard InChI is InChI=1S/C13H23N5O2/c1-10(13(19)15-5-6-20-2)18-9-12(16-17-18)8-14-7-11-3-4-11/h9-11,14H,3-8H2,1-2H3,(H,15,19). The first kappa shape index (κ1) is 14.9. The first-order valence-electron chi connectivity index (χ1n) is 7.08. The van der Waals surface area contributed by atoms with Crippen molar-refractivity contribution in [2.24, 2.45) is 5.92 Å². The molecule has 1 aromatic heterocycles. The Morgan fingerprint density at radius 3 is 3.10 bits per heavy atom. The summed E-state index contributed by atoms with van der Waals surface area (Å²) in [5.41, 5.74) is 0.863. The third-order valence-electron chi connectivity index (χ3n) is 3.38. The number of aromatic nitrogens is 3. The zero-order valence-corrected chi connectivity index (χ0v) is 12.1. The second-order valence-corrected chi connectivity index (χ2v) is 5.22. The number of hydrogen-bond acceptors (Lipinski definition) is 5. The summed E-state index contributed by atoms with van der Waals surface area (Å²) in [6.45, 7) is 4.56. The van der Waals surface area contributed by atoms with Crippen LogP contribution in [-0.4, -0.2) is 47.7 Å². The highest BCUT2D eigenvalue weighted by Gasteiger charge is 2.20. The van der Waals surface area contributed by atoms with E-state index in [0.29, 0.717) is 19.7 Å². The van der Waals surface area contributed by atoms with Gasteiger partial charge in [-0.05, 0) is 32.2 Å². The molecule has 1 aliphatic rings. The van der Waals surface area contributed by atoms with Crippen LogP contribution < -0.4 is 10.6 Å². The molecule has 0 aromatic carbocycles. The monoisotopic (exact) mass is 281 g/mol. The highest BCUT2D eigenvalue weighted by Crippen LogP contribution is 2.27. The normalized spacial score (nSPS) is 16.1. The Bertz CT molecular complexity index is 430. The summed E-state index contributed by atoms with van der Waals surface area (Å²) in [5.74, 6) is 0.764. The first-order valence-corrected chi connectivity index (χ1v) is 7.08. The van der Waals surface area contributed by atoms with Gasteiger partial charge in [0.15, 0.2) is 0 Å². The van der Waals surface area contributed by atoms with Crippen LogP contribution in [0.25, 0.3) is 0 Å². The molecule has 2 N–H and O–H groups in total. The molecule has 0 radical (unpaired) electrons. The van der Waals surface area contributed by atoms with Crippen molar-refractivity contribution in [3.8, 4) is 0 Å². The van der Waals surface area contributed by atoms with E-state index in [1.165, 1.54) is 12.8 Å². The molecule has 1 fully saturated rings. The van der Waals surface area contributed by atoms with Gasteiger partial charge in [-0.1, -0.05) is 5.21 Å². The minimum atomic E-state index is -0.364. The average Bonchev–Trinajstić information content (AvgIpc) is 3.14. The summed E-state index contributed by atoms with van der Waals surface area (Å²) in [6.07, 6.45) is 4.48. The molecule has 1 aromatic rings. The highest BCUT2D eigenvalue weighted by molar-refractivity contribution is 5.79. The van der Waals surface area contributed by atoms with Crippen molar-refractivity contribution in [2.75, 3.05) is 26.8 Å². The van der Waals surface area contributed by atoms with E-state index >= 15 is 0 Å². The Balaban J connectivity index is 1.75. The maximum atomic E-state index is 11.9. The lowest BCUT2D eigenvalue weighted by atomic mass is 10.3. The SMILES string of the molecule is COCCNC(=O)C(C)n1cc(CNCC2CC2)nn1. The van der Waals surface area contributed by atoms with Crippen molar-refractivity contribution in [3.05, 3.63) is 11.9 Å². The molecule has 0 spiro atoms. The van der Waals surface area contributed by atoms with Crippen molar-refractivity contribution >= 4 is 5.91 Å². The Kier molecular flexibility index (Phi) is 5.49. The van der Waals surface area contributed by atoms with Crippen LogP contribution in [-0.2, 0) is 16.1 Å². The third kappa shape index (κ3) is 4.57. The molecule has 20 heavy (non-hydrogen) atoms. The predicted molar refractivity (Wildman–Crippen MR) is 74.0 cm³/mol. The molecule has 0 bridgehead atoms. The van der Waals surface area contributed by atoms with Gasteiger partial charge in [-0.3, -0.25) is 4.79 Å². The molecule has 1 unspecified atom stereocenters. The van der Waals surface area contributed by atoms with Gasteiger partial charge in [-0.25, -0.2) is 4.68 Å². The van der Waals surface area contributed by atoms with Gasteiger partial charge in [0, 0.05) is 20.2 Å². The molecule has 0 saturated heterocycles. The summed E-state index contributed by atoms with van der Waals surface area (Å²) < 4.78 is 6.49. The van der Waals surface area contributed by atoms with E-state index in [1.54, 1.807) is 18.7 Å². The maximum absolute atomic E-state index is 11.9.